The Kier molecular flexibility index (Phi) is 3.22. The van der Waals surface area contributed by atoms with Crippen LogP contribution in [0.3, 0.4) is 0 Å². The Hall–Kier alpha value is -1.71. The Morgan fingerprint density at radius 3 is 2.71 bits per heavy atom. The minimum Gasteiger partial charge on any atom is -0.491 e. The van der Waals surface area contributed by atoms with Gasteiger partial charge in [-0.2, -0.15) is 0 Å². The summed E-state index contributed by atoms with van der Waals surface area (Å²) >= 11 is 0. The van der Waals surface area contributed by atoms with Crippen LogP contribution in [-0.4, -0.2) is 31.8 Å². The Balaban J connectivity index is 2.21. The summed E-state index contributed by atoms with van der Waals surface area (Å²) in [6, 6.07) is 4.98. The zero-order chi connectivity index (χ0) is 12.4. The van der Waals surface area contributed by atoms with E-state index in [1.807, 2.05) is 19.0 Å². The first kappa shape index (κ1) is 11.8. The first-order valence-corrected chi connectivity index (χ1v) is 5.75. The molecule has 1 fully saturated rings. The highest BCUT2D eigenvalue weighted by Crippen LogP contribution is 2.33. The zero-order valence-electron chi connectivity index (χ0n) is 10.1. The number of rotatable bonds is 5. The number of ether oxygens (including phenoxy) is 1. The largest absolute Gasteiger partial charge is 0.491 e. The van der Waals surface area contributed by atoms with Gasteiger partial charge in [-0.05, 0) is 37.0 Å². The maximum Gasteiger partial charge on any atom is 0.335 e. The number of nitrogens with zero attached hydrogens (tertiary/aromatic N) is 1. The van der Waals surface area contributed by atoms with Crippen LogP contribution in [0.5, 0.6) is 5.75 Å². The lowest BCUT2D eigenvalue weighted by Gasteiger charge is -2.18. The molecule has 0 spiro atoms. The molecular formula is C13H17NO3. The second kappa shape index (κ2) is 4.65. The minimum absolute atomic E-state index is 0.265. The van der Waals surface area contributed by atoms with Crippen LogP contribution in [0.15, 0.2) is 18.2 Å². The van der Waals surface area contributed by atoms with E-state index < -0.39 is 5.97 Å². The highest BCUT2D eigenvalue weighted by molar-refractivity contribution is 5.89. The van der Waals surface area contributed by atoms with Crippen LogP contribution in [0.1, 0.15) is 23.2 Å². The average Bonchev–Trinajstić information content (AvgIpc) is 3.09. The van der Waals surface area contributed by atoms with Crippen molar-refractivity contribution in [2.24, 2.45) is 5.92 Å². The summed E-state index contributed by atoms with van der Waals surface area (Å²) in [5.74, 6) is 0.381. The van der Waals surface area contributed by atoms with E-state index in [0.29, 0.717) is 18.3 Å². The molecule has 1 aliphatic rings. The van der Waals surface area contributed by atoms with E-state index in [0.717, 1.165) is 5.69 Å². The number of aromatic carboxylic acids is 1. The predicted molar refractivity (Wildman–Crippen MR) is 65.9 cm³/mol. The van der Waals surface area contributed by atoms with Crippen molar-refractivity contribution in [2.45, 2.75) is 12.8 Å². The molecule has 4 nitrogen and oxygen atoms in total. The van der Waals surface area contributed by atoms with E-state index in [4.69, 9.17) is 9.84 Å². The molecule has 1 N–H and O–H groups in total. The third-order valence-electron chi connectivity index (χ3n) is 2.86. The molecule has 1 aromatic rings. The molecule has 1 aromatic carbocycles. The fourth-order valence-corrected chi connectivity index (χ4v) is 1.62. The summed E-state index contributed by atoms with van der Waals surface area (Å²) in [5, 5.41) is 8.96. The van der Waals surface area contributed by atoms with E-state index >= 15 is 0 Å². The third kappa shape index (κ3) is 2.90. The van der Waals surface area contributed by atoms with Crippen molar-refractivity contribution in [3.05, 3.63) is 23.8 Å². The maximum absolute atomic E-state index is 10.9. The molecule has 0 unspecified atom stereocenters. The molecule has 0 heterocycles. The molecule has 17 heavy (non-hydrogen) atoms. The van der Waals surface area contributed by atoms with Crippen LogP contribution in [0.25, 0.3) is 0 Å². The number of hydrogen-bond donors (Lipinski definition) is 1. The van der Waals surface area contributed by atoms with Gasteiger partial charge < -0.3 is 14.7 Å². The summed E-state index contributed by atoms with van der Waals surface area (Å²) in [6.07, 6.45) is 2.44. The highest BCUT2D eigenvalue weighted by Gasteiger charge is 2.22. The number of anilines is 1. The number of benzene rings is 1. The Morgan fingerprint density at radius 2 is 2.18 bits per heavy atom. The quantitative estimate of drug-likeness (QED) is 0.850. The van der Waals surface area contributed by atoms with Crippen molar-refractivity contribution in [1.29, 1.82) is 0 Å². The Labute approximate surface area is 101 Å². The lowest BCUT2D eigenvalue weighted by molar-refractivity contribution is 0.0696. The van der Waals surface area contributed by atoms with E-state index in [-0.39, 0.29) is 5.56 Å². The average molecular weight is 235 g/mol. The van der Waals surface area contributed by atoms with Gasteiger partial charge in [0.05, 0.1) is 17.9 Å². The third-order valence-corrected chi connectivity index (χ3v) is 2.86. The number of carboxylic acids is 1. The summed E-state index contributed by atoms with van der Waals surface area (Å²) in [5.41, 5.74) is 1.18. The van der Waals surface area contributed by atoms with Crippen LogP contribution in [0.2, 0.25) is 0 Å². The van der Waals surface area contributed by atoms with Crippen molar-refractivity contribution in [1.82, 2.24) is 0 Å². The van der Waals surface area contributed by atoms with Gasteiger partial charge in [0.2, 0.25) is 0 Å². The molecule has 4 heteroatoms. The molecule has 0 saturated heterocycles. The molecule has 2 rings (SSSR count). The molecule has 0 radical (unpaired) electrons. The van der Waals surface area contributed by atoms with Gasteiger partial charge in [0.1, 0.15) is 5.75 Å². The van der Waals surface area contributed by atoms with Crippen LogP contribution in [0, 0.1) is 5.92 Å². The number of carbonyl (C=O) groups is 1. The Bertz CT molecular complexity index is 425. The molecule has 0 bridgehead atoms. The summed E-state index contributed by atoms with van der Waals surface area (Å²) in [7, 11) is 3.83. The van der Waals surface area contributed by atoms with E-state index in [2.05, 4.69) is 0 Å². The van der Waals surface area contributed by atoms with E-state index in [9.17, 15) is 4.79 Å². The van der Waals surface area contributed by atoms with Gasteiger partial charge in [0, 0.05) is 14.1 Å². The summed E-state index contributed by atoms with van der Waals surface area (Å²) < 4.78 is 5.71. The van der Waals surface area contributed by atoms with Crippen LogP contribution in [-0.2, 0) is 0 Å². The van der Waals surface area contributed by atoms with Crippen molar-refractivity contribution < 1.29 is 14.6 Å². The van der Waals surface area contributed by atoms with Gasteiger partial charge in [0.25, 0.3) is 0 Å². The molecule has 0 amide bonds. The first-order valence-electron chi connectivity index (χ1n) is 5.75. The van der Waals surface area contributed by atoms with Crippen LogP contribution >= 0.6 is 0 Å². The minimum atomic E-state index is -0.924. The van der Waals surface area contributed by atoms with Gasteiger partial charge >= 0.3 is 5.97 Å². The van der Waals surface area contributed by atoms with Gasteiger partial charge in [-0.3, -0.25) is 0 Å². The summed E-state index contributed by atoms with van der Waals surface area (Å²) in [6.45, 7) is 0.684. The summed E-state index contributed by atoms with van der Waals surface area (Å²) in [4.78, 5) is 12.8. The molecule has 92 valence electrons. The smallest absolute Gasteiger partial charge is 0.335 e. The van der Waals surface area contributed by atoms with Crippen molar-refractivity contribution in [3.8, 4) is 5.75 Å². The zero-order valence-corrected chi connectivity index (χ0v) is 10.1. The molecular weight excluding hydrogens is 218 g/mol. The van der Waals surface area contributed by atoms with E-state index in [1.54, 1.807) is 18.2 Å². The topological polar surface area (TPSA) is 49.8 Å². The van der Waals surface area contributed by atoms with Gasteiger partial charge in [-0.25, -0.2) is 4.79 Å². The van der Waals surface area contributed by atoms with Gasteiger partial charge in [0.15, 0.2) is 0 Å². The molecule has 0 aliphatic heterocycles. The van der Waals surface area contributed by atoms with Gasteiger partial charge in [-0.15, -0.1) is 0 Å². The molecule has 0 aromatic heterocycles. The number of carboxylic acid groups (broad SMARTS) is 1. The van der Waals surface area contributed by atoms with E-state index in [1.165, 1.54) is 12.8 Å². The monoisotopic (exact) mass is 235 g/mol. The second-order valence-corrected chi connectivity index (χ2v) is 4.64. The van der Waals surface area contributed by atoms with Crippen molar-refractivity contribution >= 4 is 11.7 Å². The van der Waals surface area contributed by atoms with Crippen LogP contribution < -0.4 is 9.64 Å². The second-order valence-electron chi connectivity index (χ2n) is 4.64. The SMILES string of the molecule is CN(C)c1ccc(C(=O)O)cc1OCC1CC1. The highest BCUT2D eigenvalue weighted by atomic mass is 16.5. The maximum atomic E-state index is 10.9. The standard InChI is InChI=1S/C13H17NO3/c1-14(2)11-6-5-10(13(15)16)7-12(11)17-8-9-3-4-9/h5-7,9H,3-4,8H2,1-2H3,(H,15,16). The normalized spacial score (nSPS) is 14.5. The lowest BCUT2D eigenvalue weighted by Crippen LogP contribution is -2.12. The van der Waals surface area contributed by atoms with Crippen molar-refractivity contribution in [2.75, 3.05) is 25.6 Å². The predicted octanol–water partition coefficient (Wildman–Crippen LogP) is 2.24. The lowest BCUT2D eigenvalue weighted by atomic mass is 10.2. The fourth-order valence-electron chi connectivity index (χ4n) is 1.62. The van der Waals surface area contributed by atoms with Gasteiger partial charge in [-0.1, -0.05) is 0 Å². The fraction of sp³-hybridized carbons (Fsp3) is 0.462. The van der Waals surface area contributed by atoms with Crippen LogP contribution in [0.4, 0.5) is 5.69 Å². The molecule has 1 aliphatic carbocycles. The van der Waals surface area contributed by atoms with Crippen molar-refractivity contribution in [3.63, 3.8) is 0 Å². The molecule has 1 saturated carbocycles. The molecule has 0 atom stereocenters. The Morgan fingerprint density at radius 1 is 1.47 bits per heavy atom. The first-order chi connectivity index (χ1) is 8.08. The number of hydrogen-bond acceptors (Lipinski definition) is 3.